The van der Waals surface area contributed by atoms with Crippen LogP contribution in [-0.2, 0) is 0 Å². The highest BCUT2D eigenvalue weighted by molar-refractivity contribution is 5.82. The molecule has 0 aliphatic carbocycles. The summed E-state index contributed by atoms with van der Waals surface area (Å²) < 4.78 is 3.81. The maximum Gasteiger partial charge on any atom is 0.160 e. The Hall–Kier alpha value is -6.05. The van der Waals surface area contributed by atoms with Crippen molar-refractivity contribution in [1.82, 2.24) is 19.6 Å². The molecule has 0 saturated carbocycles. The van der Waals surface area contributed by atoms with Gasteiger partial charge in [0.25, 0.3) is 0 Å². The maximum atomic E-state index is 11.6. The molecule has 236 valence electrons. The molecule has 0 radical (unpaired) electrons. The van der Waals surface area contributed by atoms with Gasteiger partial charge < -0.3 is 10.4 Å². The largest absolute Gasteiger partial charge is 0.369 e. The van der Waals surface area contributed by atoms with Crippen molar-refractivity contribution in [2.45, 2.75) is 26.0 Å². The minimum atomic E-state index is -0.983. The molecular formula is C41H36N6O. The van der Waals surface area contributed by atoms with Crippen LogP contribution in [0.2, 0.25) is 0 Å². The number of hydrogen-bond acceptors (Lipinski definition) is 5. The standard InChI is InChI=1S/C41H36N6O/c1-29-36(39(42-28-31-18-8-3-9-19-31)46(44-29)34-24-14-6-15-25-34)38(32-20-10-4-11-21-32)37-30(2)45-47(35-26-16-7-17-27-35)40(37)43-41(48)33-22-12-5-13-23-33/h3-28,38,41,43,48H,1-2H3/t38-,41-/m1/s1. The fourth-order valence-electron chi connectivity index (χ4n) is 6.16. The topological polar surface area (TPSA) is 80.3 Å². The number of aliphatic imine (C=N–C) groups is 1. The number of aryl methyl sites for hydroxylation is 2. The Morgan fingerprint density at radius 2 is 1.04 bits per heavy atom. The van der Waals surface area contributed by atoms with Gasteiger partial charge in [-0.1, -0.05) is 127 Å². The third-order valence-electron chi connectivity index (χ3n) is 8.42. The molecule has 0 aliphatic heterocycles. The molecule has 7 nitrogen and oxygen atoms in total. The normalized spacial score (nSPS) is 12.6. The number of anilines is 1. The number of para-hydroxylation sites is 2. The van der Waals surface area contributed by atoms with Gasteiger partial charge in [-0.25, -0.2) is 14.4 Å². The van der Waals surface area contributed by atoms with Crippen LogP contribution in [0.3, 0.4) is 0 Å². The van der Waals surface area contributed by atoms with E-state index in [0.29, 0.717) is 5.82 Å². The lowest BCUT2D eigenvalue weighted by molar-refractivity contribution is 0.207. The second-order valence-electron chi connectivity index (χ2n) is 11.6. The minimum Gasteiger partial charge on any atom is -0.369 e. The molecule has 0 unspecified atom stereocenters. The number of nitrogens with zero attached hydrogens (tertiary/aromatic N) is 5. The Labute approximate surface area is 280 Å². The van der Waals surface area contributed by atoms with E-state index in [9.17, 15) is 5.11 Å². The number of rotatable bonds is 10. The van der Waals surface area contributed by atoms with Crippen molar-refractivity contribution in [3.63, 3.8) is 0 Å². The molecule has 48 heavy (non-hydrogen) atoms. The lowest BCUT2D eigenvalue weighted by atomic mass is 9.84. The molecule has 2 atom stereocenters. The van der Waals surface area contributed by atoms with Crippen molar-refractivity contribution in [3.8, 4) is 11.4 Å². The summed E-state index contributed by atoms with van der Waals surface area (Å²) in [7, 11) is 0. The molecule has 0 amide bonds. The number of aliphatic hydroxyl groups excluding tert-OH is 1. The maximum absolute atomic E-state index is 11.6. The first-order valence-corrected chi connectivity index (χ1v) is 16.0. The van der Waals surface area contributed by atoms with Crippen molar-refractivity contribution in [2.24, 2.45) is 4.99 Å². The number of hydrogen-bond donors (Lipinski definition) is 2. The molecule has 2 aromatic heterocycles. The van der Waals surface area contributed by atoms with E-state index in [0.717, 1.165) is 56.4 Å². The highest BCUT2D eigenvalue weighted by Gasteiger charge is 2.33. The van der Waals surface area contributed by atoms with E-state index in [2.05, 4.69) is 29.6 Å². The van der Waals surface area contributed by atoms with Gasteiger partial charge in [0, 0.05) is 28.8 Å². The Kier molecular flexibility index (Phi) is 8.76. The lowest BCUT2D eigenvalue weighted by Gasteiger charge is -2.23. The fourth-order valence-corrected chi connectivity index (χ4v) is 6.16. The van der Waals surface area contributed by atoms with E-state index in [1.807, 2.05) is 157 Å². The van der Waals surface area contributed by atoms with Crippen LogP contribution in [-0.4, -0.2) is 30.9 Å². The number of aromatic nitrogens is 4. The second kappa shape index (κ2) is 13.7. The molecule has 2 N–H and O–H groups in total. The van der Waals surface area contributed by atoms with Crippen molar-refractivity contribution in [2.75, 3.05) is 5.32 Å². The summed E-state index contributed by atoms with van der Waals surface area (Å²) in [4.78, 5) is 5.16. The fraction of sp³-hybridized carbons (Fsp3) is 0.0976. The summed E-state index contributed by atoms with van der Waals surface area (Å²) in [6.45, 7) is 4.06. The molecule has 7 rings (SSSR count). The monoisotopic (exact) mass is 628 g/mol. The van der Waals surface area contributed by atoms with Gasteiger partial charge in [0.2, 0.25) is 0 Å². The van der Waals surface area contributed by atoms with Gasteiger partial charge in [0.1, 0.15) is 5.82 Å². The zero-order chi connectivity index (χ0) is 32.9. The van der Waals surface area contributed by atoms with E-state index >= 15 is 0 Å². The molecule has 0 spiro atoms. The molecule has 0 saturated heterocycles. The average molecular weight is 629 g/mol. The van der Waals surface area contributed by atoms with Gasteiger partial charge in [0.05, 0.1) is 22.8 Å². The highest BCUT2D eigenvalue weighted by atomic mass is 16.3. The van der Waals surface area contributed by atoms with Crippen LogP contribution < -0.4 is 5.32 Å². The molecule has 5 aromatic carbocycles. The lowest BCUT2D eigenvalue weighted by Crippen LogP contribution is -2.16. The van der Waals surface area contributed by atoms with Crippen molar-refractivity contribution < 1.29 is 5.11 Å². The molecule has 0 aliphatic rings. The average Bonchev–Trinajstić information content (AvgIpc) is 3.65. The number of nitrogens with one attached hydrogen (secondary N) is 1. The minimum absolute atomic E-state index is 0.338. The van der Waals surface area contributed by atoms with Gasteiger partial charge >= 0.3 is 0 Å². The summed E-state index contributed by atoms with van der Waals surface area (Å²) in [5.41, 5.74) is 8.11. The van der Waals surface area contributed by atoms with Gasteiger partial charge in [-0.15, -0.1) is 0 Å². The van der Waals surface area contributed by atoms with Crippen LogP contribution in [0.25, 0.3) is 11.4 Å². The van der Waals surface area contributed by atoms with E-state index in [1.165, 1.54) is 0 Å². The first-order valence-electron chi connectivity index (χ1n) is 16.0. The second-order valence-corrected chi connectivity index (χ2v) is 11.6. The molecule has 2 heterocycles. The molecule has 0 bridgehead atoms. The molecule has 7 heteroatoms. The van der Waals surface area contributed by atoms with Crippen molar-refractivity contribution in [1.29, 1.82) is 0 Å². The van der Waals surface area contributed by atoms with Crippen LogP contribution in [0.5, 0.6) is 0 Å². The van der Waals surface area contributed by atoms with Crippen LogP contribution >= 0.6 is 0 Å². The molecule has 7 aromatic rings. The predicted molar refractivity (Wildman–Crippen MR) is 193 cm³/mol. The Balaban J connectivity index is 1.49. The zero-order valence-electron chi connectivity index (χ0n) is 26.8. The summed E-state index contributed by atoms with van der Waals surface area (Å²) in [6.07, 6.45) is 0.906. The van der Waals surface area contributed by atoms with Gasteiger partial charge in [-0.05, 0) is 49.2 Å². The zero-order valence-corrected chi connectivity index (χ0v) is 26.8. The van der Waals surface area contributed by atoms with Crippen LogP contribution in [0, 0.1) is 13.8 Å². The Morgan fingerprint density at radius 3 is 1.62 bits per heavy atom. The first kappa shape index (κ1) is 30.6. The summed E-state index contributed by atoms with van der Waals surface area (Å²) in [5.74, 6) is 1.07. The van der Waals surface area contributed by atoms with Gasteiger partial charge in [-0.2, -0.15) is 10.2 Å². The third-order valence-corrected chi connectivity index (χ3v) is 8.42. The van der Waals surface area contributed by atoms with Crippen molar-refractivity contribution in [3.05, 3.63) is 191 Å². The quantitative estimate of drug-likeness (QED) is 0.117. The summed E-state index contributed by atoms with van der Waals surface area (Å²) in [6, 6.07) is 50.2. The predicted octanol–water partition coefficient (Wildman–Crippen LogP) is 8.71. The third kappa shape index (κ3) is 6.19. The smallest absolute Gasteiger partial charge is 0.160 e. The van der Waals surface area contributed by atoms with E-state index in [1.54, 1.807) is 0 Å². The van der Waals surface area contributed by atoms with E-state index in [4.69, 9.17) is 15.2 Å². The van der Waals surface area contributed by atoms with Crippen LogP contribution in [0.4, 0.5) is 11.6 Å². The van der Waals surface area contributed by atoms with Crippen LogP contribution in [0.1, 0.15) is 51.4 Å². The van der Waals surface area contributed by atoms with Gasteiger partial charge in [0.15, 0.2) is 12.0 Å². The SMILES string of the molecule is Cc1nn(-c2ccccc2)c(N=Cc2ccccc2)c1[C@@H](c1ccccc1)c1c(C)nn(-c2ccccc2)c1N[C@H](O)c1ccccc1. The number of benzene rings is 5. The molecule has 0 fully saturated rings. The Morgan fingerprint density at radius 1 is 0.583 bits per heavy atom. The summed E-state index contributed by atoms with van der Waals surface area (Å²) >= 11 is 0. The Bertz CT molecular complexity index is 2120. The van der Waals surface area contributed by atoms with Gasteiger partial charge in [-0.3, -0.25) is 0 Å². The highest BCUT2D eigenvalue weighted by Crippen LogP contribution is 2.45. The van der Waals surface area contributed by atoms with E-state index in [-0.39, 0.29) is 5.92 Å². The molecular weight excluding hydrogens is 592 g/mol. The summed E-state index contributed by atoms with van der Waals surface area (Å²) in [5, 5.41) is 25.2. The van der Waals surface area contributed by atoms with Crippen molar-refractivity contribution >= 4 is 17.9 Å². The first-order chi connectivity index (χ1) is 23.6. The van der Waals surface area contributed by atoms with E-state index < -0.39 is 6.23 Å². The number of aliphatic hydroxyl groups is 1. The van der Waals surface area contributed by atoms with Crippen LogP contribution in [0.15, 0.2) is 157 Å².